The fraction of sp³-hybridized carbons (Fsp3) is 0.176. The number of fused-ring (bicyclic) bond motifs is 1. The molecular weight excluding hydrogens is 310 g/mol. The molecule has 7 heteroatoms. The number of anilines is 1. The molecule has 1 aromatic carbocycles. The number of carbonyl (C=O) groups is 3. The van der Waals surface area contributed by atoms with Gasteiger partial charge in [0.25, 0.3) is 17.7 Å². The average Bonchev–Trinajstić information content (AvgIpc) is 2.87. The first-order chi connectivity index (χ1) is 11.5. The number of pyridine rings is 1. The summed E-state index contributed by atoms with van der Waals surface area (Å²) in [6, 6.07) is 11.4. The maximum atomic E-state index is 12.7. The van der Waals surface area contributed by atoms with Crippen LogP contribution in [0.4, 0.5) is 5.82 Å². The van der Waals surface area contributed by atoms with Crippen molar-refractivity contribution in [1.82, 2.24) is 9.88 Å². The van der Waals surface area contributed by atoms with Crippen LogP contribution in [0.15, 0.2) is 48.7 Å². The summed E-state index contributed by atoms with van der Waals surface area (Å²) in [5.41, 5.74) is -1.31. The normalized spacial score (nSPS) is 15.8. The second kappa shape index (κ2) is 5.86. The van der Waals surface area contributed by atoms with E-state index in [1.54, 1.807) is 42.5 Å². The molecule has 1 atom stereocenters. The van der Waals surface area contributed by atoms with E-state index < -0.39 is 23.4 Å². The zero-order valence-corrected chi connectivity index (χ0v) is 13.1. The smallest absolute Gasteiger partial charge is 0.279 e. The third kappa shape index (κ3) is 2.35. The van der Waals surface area contributed by atoms with Crippen LogP contribution in [0.1, 0.15) is 27.6 Å². The van der Waals surface area contributed by atoms with Crippen LogP contribution in [0.3, 0.4) is 0 Å². The van der Waals surface area contributed by atoms with Crippen LogP contribution in [0.25, 0.3) is 0 Å². The molecule has 1 aromatic heterocycles. The molecular formula is C17H15N3O4. The number of rotatable bonds is 4. The zero-order valence-electron chi connectivity index (χ0n) is 13.1. The van der Waals surface area contributed by atoms with Gasteiger partial charge in [0, 0.05) is 13.3 Å². The largest absolute Gasteiger partial charge is 0.350 e. The molecule has 1 N–H and O–H groups in total. The molecule has 0 bridgehead atoms. The number of carbonyl (C=O) groups excluding carboxylic acids is 3. The number of ether oxygens (including phenoxy) is 1. The Morgan fingerprint density at radius 1 is 1.08 bits per heavy atom. The lowest BCUT2D eigenvalue weighted by atomic mass is 10.1. The maximum absolute atomic E-state index is 12.7. The molecule has 3 rings (SSSR count). The molecule has 0 spiro atoms. The Kier molecular flexibility index (Phi) is 3.86. The molecule has 0 saturated heterocycles. The van der Waals surface area contributed by atoms with E-state index in [-0.39, 0.29) is 11.1 Å². The lowest BCUT2D eigenvalue weighted by Crippen LogP contribution is -2.58. The highest BCUT2D eigenvalue weighted by Crippen LogP contribution is 2.30. The van der Waals surface area contributed by atoms with Gasteiger partial charge in [-0.1, -0.05) is 18.2 Å². The van der Waals surface area contributed by atoms with Gasteiger partial charge >= 0.3 is 0 Å². The van der Waals surface area contributed by atoms with E-state index in [0.717, 1.165) is 4.90 Å². The maximum Gasteiger partial charge on any atom is 0.279 e. The first-order valence-electron chi connectivity index (χ1n) is 7.24. The third-order valence-corrected chi connectivity index (χ3v) is 3.95. The summed E-state index contributed by atoms with van der Waals surface area (Å²) < 4.78 is 5.27. The summed E-state index contributed by atoms with van der Waals surface area (Å²) >= 11 is 0. The van der Waals surface area contributed by atoms with Crippen LogP contribution in [0.2, 0.25) is 0 Å². The van der Waals surface area contributed by atoms with Gasteiger partial charge in [0.2, 0.25) is 5.72 Å². The van der Waals surface area contributed by atoms with E-state index in [1.165, 1.54) is 20.2 Å². The first-order valence-corrected chi connectivity index (χ1v) is 7.24. The SMILES string of the molecule is CO[C@@](C)(C(=O)Nc1ccccn1)N1C(=O)c2ccccc2C1=O. The van der Waals surface area contributed by atoms with Crippen molar-refractivity contribution in [2.75, 3.05) is 12.4 Å². The first kappa shape index (κ1) is 15.8. The number of aromatic nitrogens is 1. The lowest BCUT2D eigenvalue weighted by Gasteiger charge is -2.34. The van der Waals surface area contributed by atoms with Gasteiger partial charge in [-0.3, -0.25) is 14.4 Å². The van der Waals surface area contributed by atoms with Gasteiger partial charge < -0.3 is 10.1 Å². The monoisotopic (exact) mass is 325 g/mol. The molecule has 0 unspecified atom stereocenters. The van der Waals surface area contributed by atoms with Crippen molar-refractivity contribution in [2.45, 2.75) is 12.6 Å². The van der Waals surface area contributed by atoms with Crippen LogP contribution in [-0.4, -0.2) is 40.4 Å². The quantitative estimate of drug-likeness (QED) is 0.864. The molecule has 2 aromatic rings. The summed E-state index contributed by atoms with van der Waals surface area (Å²) in [6.45, 7) is 1.37. The number of hydrogen-bond donors (Lipinski definition) is 1. The van der Waals surface area contributed by atoms with Gasteiger partial charge in [0.05, 0.1) is 11.1 Å². The van der Waals surface area contributed by atoms with Crippen molar-refractivity contribution in [1.29, 1.82) is 0 Å². The Balaban J connectivity index is 1.95. The molecule has 0 saturated carbocycles. The Morgan fingerprint density at radius 3 is 2.17 bits per heavy atom. The van der Waals surface area contributed by atoms with E-state index >= 15 is 0 Å². The molecule has 2 heterocycles. The molecule has 3 amide bonds. The summed E-state index contributed by atoms with van der Waals surface area (Å²) in [6.07, 6.45) is 1.52. The van der Waals surface area contributed by atoms with Gasteiger partial charge in [0.15, 0.2) is 0 Å². The van der Waals surface area contributed by atoms with Crippen molar-refractivity contribution < 1.29 is 19.1 Å². The van der Waals surface area contributed by atoms with Crippen LogP contribution < -0.4 is 5.32 Å². The molecule has 0 aliphatic carbocycles. The summed E-state index contributed by atoms with van der Waals surface area (Å²) in [5, 5.41) is 2.56. The average molecular weight is 325 g/mol. The highest BCUT2D eigenvalue weighted by atomic mass is 16.5. The minimum atomic E-state index is -1.80. The molecule has 0 fully saturated rings. The number of benzene rings is 1. The predicted octanol–water partition coefficient (Wildman–Crippen LogP) is 1.68. The molecule has 1 aliphatic heterocycles. The second-order valence-electron chi connectivity index (χ2n) is 5.35. The number of hydrogen-bond acceptors (Lipinski definition) is 5. The molecule has 24 heavy (non-hydrogen) atoms. The van der Waals surface area contributed by atoms with E-state index in [0.29, 0.717) is 5.82 Å². The minimum absolute atomic E-state index is 0.247. The van der Waals surface area contributed by atoms with Crippen molar-refractivity contribution in [2.24, 2.45) is 0 Å². The van der Waals surface area contributed by atoms with Gasteiger partial charge in [-0.15, -0.1) is 0 Å². The number of nitrogens with zero attached hydrogens (tertiary/aromatic N) is 2. The van der Waals surface area contributed by atoms with Crippen LogP contribution in [0, 0.1) is 0 Å². The van der Waals surface area contributed by atoms with Crippen molar-refractivity contribution in [3.05, 3.63) is 59.8 Å². The van der Waals surface area contributed by atoms with E-state index in [1.807, 2.05) is 0 Å². The van der Waals surface area contributed by atoms with Crippen molar-refractivity contribution in [3.8, 4) is 0 Å². The van der Waals surface area contributed by atoms with Gasteiger partial charge in [-0.05, 0) is 31.2 Å². The summed E-state index contributed by atoms with van der Waals surface area (Å²) in [4.78, 5) is 42.7. The number of methoxy groups -OCH3 is 1. The highest BCUT2D eigenvalue weighted by Gasteiger charge is 2.51. The standard InChI is InChI=1S/C17H15N3O4/c1-17(24-2,16(23)19-13-9-5-6-10-18-13)20-14(21)11-7-3-4-8-12(11)15(20)22/h3-10H,1-2H3,(H,18,19,23)/t17-/m0/s1. The van der Waals surface area contributed by atoms with E-state index in [9.17, 15) is 14.4 Å². The van der Waals surface area contributed by atoms with Crippen molar-refractivity contribution in [3.63, 3.8) is 0 Å². The fourth-order valence-electron chi connectivity index (χ4n) is 2.53. The Labute approximate surface area is 138 Å². The Morgan fingerprint density at radius 2 is 1.67 bits per heavy atom. The van der Waals surface area contributed by atoms with Gasteiger partial charge in [0.1, 0.15) is 5.82 Å². The third-order valence-electron chi connectivity index (χ3n) is 3.95. The second-order valence-corrected chi connectivity index (χ2v) is 5.35. The van der Waals surface area contributed by atoms with Gasteiger partial charge in [-0.2, -0.15) is 0 Å². The van der Waals surface area contributed by atoms with Crippen LogP contribution >= 0.6 is 0 Å². The van der Waals surface area contributed by atoms with Crippen LogP contribution in [0.5, 0.6) is 0 Å². The highest BCUT2D eigenvalue weighted by molar-refractivity contribution is 6.23. The topological polar surface area (TPSA) is 88.6 Å². The minimum Gasteiger partial charge on any atom is -0.350 e. The molecule has 122 valence electrons. The van der Waals surface area contributed by atoms with E-state index in [4.69, 9.17) is 4.74 Å². The predicted molar refractivity (Wildman–Crippen MR) is 85.2 cm³/mol. The summed E-state index contributed by atoms with van der Waals surface area (Å²) in [7, 11) is 1.27. The number of amides is 3. The fourth-order valence-corrected chi connectivity index (χ4v) is 2.53. The number of imide groups is 1. The molecule has 7 nitrogen and oxygen atoms in total. The number of nitrogens with one attached hydrogen (secondary N) is 1. The zero-order chi connectivity index (χ0) is 17.3. The molecule has 1 aliphatic rings. The summed E-state index contributed by atoms with van der Waals surface area (Å²) in [5.74, 6) is -1.52. The van der Waals surface area contributed by atoms with E-state index in [2.05, 4.69) is 10.3 Å². The Bertz CT molecular complexity index is 787. The Hall–Kier alpha value is -3.06. The van der Waals surface area contributed by atoms with Gasteiger partial charge in [-0.25, -0.2) is 9.88 Å². The van der Waals surface area contributed by atoms with Crippen LogP contribution in [-0.2, 0) is 9.53 Å². The van der Waals surface area contributed by atoms with Crippen molar-refractivity contribution >= 4 is 23.5 Å². The lowest BCUT2D eigenvalue weighted by molar-refractivity contribution is -0.150. The molecule has 0 radical (unpaired) electrons.